The first-order valence-corrected chi connectivity index (χ1v) is 11.4. The molecule has 1 amide bonds. The van der Waals surface area contributed by atoms with Gasteiger partial charge in [0.2, 0.25) is 0 Å². The van der Waals surface area contributed by atoms with Gasteiger partial charge in [-0.15, -0.1) is 0 Å². The van der Waals surface area contributed by atoms with Crippen molar-refractivity contribution in [2.24, 2.45) is 5.92 Å². The minimum Gasteiger partial charge on any atom is -0.497 e. The van der Waals surface area contributed by atoms with E-state index >= 15 is 0 Å². The number of H-pyrrole nitrogens is 1. The van der Waals surface area contributed by atoms with E-state index in [0.717, 1.165) is 17.9 Å². The highest BCUT2D eigenvalue weighted by Gasteiger charge is 2.28. The van der Waals surface area contributed by atoms with Crippen LogP contribution in [-0.2, 0) is 0 Å². The number of carbonyl (C=O) groups is 1. The highest BCUT2D eigenvalue weighted by Crippen LogP contribution is 2.38. The Morgan fingerprint density at radius 1 is 1.27 bits per heavy atom. The van der Waals surface area contributed by atoms with Crippen molar-refractivity contribution in [3.63, 3.8) is 0 Å². The minimum absolute atomic E-state index is 0.259. The van der Waals surface area contributed by atoms with Crippen molar-refractivity contribution in [3.8, 4) is 22.8 Å². The summed E-state index contributed by atoms with van der Waals surface area (Å²) < 4.78 is 11.6. The summed E-state index contributed by atoms with van der Waals surface area (Å²) in [5.74, 6) is 1.76. The molecule has 2 aromatic heterocycles. The van der Waals surface area contributed by atoms with Crippen LogP contribution < -0.4 is 20.1 Å². The standard InChI is InChI=1S/C24H29N5O4/c1-13-20(24(31)29-17-7-8-25-10-18(17)30)22-23(28-13)21(26-12-27-22)16-9-15(32-2)5-6-19(16)33-11-14-3-4-14/h5-6,9,12,14,17-18,25,28,30H,3-4,7-8,10-11H2,1-2H3,(H,29,31)/t17-,18-/m1/s1. The quantitative estimate of drug-likeness (QED) is 0.434. The number of nitrogens with one attached hydrogen (secondary N) is 3. The molecule has 3 heterocycles. The number of amides is 1. The van der Waals surface area contributed by atoms with Gasteiger partial charge in [-0.05, 0) is 56.8 Å². The molecule has 5 rings (SSSR count). The van der Waals surface area contributed by atoms with Gasteiger partial charge in [0.05, 0.1) is 36.9 Å². The van der Waals surface area contributed by atoms with Crippen LogP contribution in [0.2, 0.25) is 0 Å². The predicted octanol–water partition coefficient (Wildman–Crippen LogP) is 2.18. The van der Waals surface area contributed by atoms with Crippen molar-refractivity contribution in [1.82, 2.24) is 25.6 Å². The molecule has 2 fully saturated rings. The molecule has 2 atom stereocenters. The topological polar surface area (TPSA) is 121 Å². The van der Waals surface area contributed by atoms with Crippen molar-refractivity contribution < 1.29 is 19.4 Å². The Morgan fingerprint density at radius 3 is 2.88 bits per heavy atom. The number of carbonyl (C=O) groups excluding carboxylic acids is 1. The third-order valence-electron chi connectivity index (χ3n) is 6.38. The van der Waals surface area contributed by atoms with Gasteiger partial charge in [0, 0.05) is 17.8 Å². The number of nitrogens with zero attached hydrogens (tertiary/aromatic N) is 2. The first-order valence-electron chi connectivity index (χ1n) is 11.4. The lowest BCUT2D eigenvalue weighted by Crippen LogP contribution is -2.52. The number of methoxy groups -OCH3 is 1. The maximum absolute atomic E-state index is 13.2. The summed E-state index contributed by atoms with van der Waals surface area (Å²) in [4.78, 5) is 25.5. The molecule has 3 aromatic rings. The highest BCUT2D eigenvalue weighted by atomic mass is 16.5. The second-order valence-electron chi connectivity index (χ2n) is 8.83. The molecular weight excluding hydrogens is 422 g/mol. The van der Waals surface area contributed by atoms with Gasteiger partial charge in [-0.1, -0.05) is 0 Å². The predicted molar refractivity (Wildman–Crippen MR) is 124 cm³/mol. The number of benzene rings is 1. The first-order chi connectivity index (χ1) is 16.0. The number of rotatable bonds is 7. The van der Waals surface area contributed by atoms with Gasteiger partial charge < -0.3 is 30.2 Å². The average molecular weight is 452 g/mol. The molecule has 0 unspecified atom stereocenters. The minimum atomic E-state index is -0.624. The van der Waals surface area contributed by atoms with Crippen molar-refractivity contribution >= 4 is 16.9 Å². The Hall–Kier alpha value is -3.17. The number of aromatic amines is 1. The number of hydrogen-bond acceptors (Lipinski definition) is 7. The van der Waals surface area contributed by atoms with E-state index in [0.29, 0.717) is 59.2 Å². The largest absolute Gasteiger partial charge is 0.497 e. The zero-order valence-corrected chi connectivity index (χ0v) is 18.9. The van der Waals surface area contributed by atoms with Gasteiger partial charge in [-0.2, -0.15) is 0 Å². The monoisotopic (exact) mass is 451 g/mol. The lowest BCUT2D eigenvalue weighted by Gasteiger charge is -2.29. The first kappa shape index (κ1) is 21.7. The van der Waals surface area contributed by atoms with Crippen LogP contribution in [0.3, 0.4) is 0 Å². The number of hydrogen-bond donors (Lipinski definition) is 4. The smallest absolute Gasteiger partial charge is 0.255 e. The Bertz CT molecular complexity index is 1170. The van der Waals surface area contributed by atoms with Crippen molar-refractivity contribution in [1.29, 1.82) is 0 Å². The molecule has 174 valence electrons. The van der Waals surface area contributed by atoms with Crippen LogP contribution in [0, 0.1) is 12.8 Å². The lowest BCUT2D eigenvalue weighted by atomic mass is 10.0. The molecule has 9 nitrogen and oxygen atoms in total. The number of ether oxygens (including phenoxy) is 2. The molecule has 1 aromatic carbocycles. The zero-order valence-electron chi connectivity index (χ0n) is 18.9. The number of aryl methyl sites for hydroxylation is 1. The molecule has 1 aliphatic heterocycles. The van der Waals surface area contributed by atoms with E-state index in [-0.39, 0.29) is 11.9 Å². The number of β-amino-alcohol motifs (C(OH)–C–C–N with tert-alkyl or cyclic N) is 1. The SMILES string of the molecule is COc1ccc(OCC2CC2)c(-c2ncnc3c(C(=O)N[C@@H]4CCNC[C@H]4O)c(C)[nH]c23)c1. The molecule has 0 radical (unpaired) electrons. The van der Waals surface area contributed by atoms with Crippen molar-refractivity contribution in [2.45, 2.75) is 38.3 Å². The van der Waals surface area contributed by atoms with E-state index in [4.69, 9.17) is 9.47 Å². The van der Waals surface area contributed by atoms with Crippen LogP contribution in [0.15, 0.2) is 24.5 Å². The lowest BCUT2D eigenvalue weighted by molar-refractivity contribution is 0.0766. The van der Waals surface area contributed by atoms with Crippen molar-refractivity contribution in [2.75, 3.05) is 26.8 Å². The fraction of sp³-hybridized carbons (Fsp3) is 0.458. The van der Waals surface area contributed by atoms with Crippen LogP contribution in [0.5, 0.6) is 11.5 Å². The second kappa shape index (κ2) is 8.99. The summed E-state index contributed by atoms with van der Waals surface area (Å²) in [6, 6.07) is 5.36. The summed E-state index contributed by atoms with van der Waals surface area (Å²) in [5, 5.41) is 16.3. The summed E-state index contributed by atoms with van der Waals surface area (Å²) >= 11 is 0. The van der Waals surface area contributed by atoms with Crippen LogP contribution >= 0.6 is 0 Å². The van der Waals surface area contributed by atoms with E-state index in [1.165, 1.54) is 19.2 Å². The number of piperidine rings is 1. The fourth-order valence-corrected chi connectivity index (χ4v) is 4.29. The summed E-state index contributed by atoms with van der Waals surface area (Å²) in [6.07, 6.45) is 3.90. The molecule has 1 aliphatic carbocycles. The molecule has 1 saturated carbocycles. The Balaban J connectivity index is 1.52. The second-order valence-corrected chi connectivity index (χ2v) is 8.83. The number of aliphatic hydroxyl groups is 1. The van der Waals surface area contributed by atoms with E-state index < -0.39 is 6.10 Å². The molecular formula is C24H29N5O4. The van der Waals surface area contributed by atoms with Gasteiger partial charge in [0.1, 0.15) is 29.0 Å². The summed E-state index contributed by atoms with van der Waals surface area (Å²) in [7, 11) is 1.62. The fourth-order valence-electron chi connectivity index (χ4n) is 4.29. The van der Waals surface area contributed by atoms with E-state index in [1.54, 1.807) is 7.11 Å². The number of fused-ring (bicyclic) bond motifs is 1. The van der Waals surface area contributed by atoms with Gasteiger partial charge in [-0.25, -0.2) is 9.97 Å². The maximum atomic E-state index is 13.2. The third-order valence-corrected chi connectivity index (χ3v) is 6.38. The van der Waals surface area contributed by atoms with Gasteiger partial charge in [-0.3, -0.25) is 4.79 Å². The molecule has 0 spiro atoms. The zero-order chi connectivity index (χ0) is 22.9. The molecule has 33 heavy (non-hydrogen) atoms. The number of aliphatic hydroxyl groups excluding tert-OH is 1. The molecule has 1 saturated heterocycles. The number of aromatic nitrogens is 3. The van der Waals surface area contributed by atoms with E-state index in [2.05, 4.69) is 25.6 Å². The Kier molecular flexibility index (Phi) is 5.90. The molecule has 4 N–H and O–H groups in total. The molecule has 2 aliphatic rings. The van der Waals surface area contributed by atoms with Gasteiger partial charge in [0.15, 0.2) is 0 Å². The maximum Gasteiger partial charge on any atom is 0.255 e. The average Bonchev–Trinajstić information content (AvgIpc) is 3.58. The Labute approximate surface area is 191 Å². The molecule has 9 heteroatoms. The van der Waals surface area contributed by atoms with E-state index in [1.807, 2.05) is 25.1 Å². The third kappa shape index (κ3) is 4.38. The van der Waals surface area contributed by atoms with Crippen LogP contribution in [0.4, 0.5) is 0 Å². The van der Waals surface area contributed by atoms with Crippen molar-refractivity contribution in [3.05, 3.63) is 35.8 Å². The van der Waals surface area contributed by atoms with Crippen LogP contribution in [0.25, 0.3) is 22.3 Å². The van der Waals surface area contributed by atoms with Gasteiger partial charge in [0.25, 0.3) is 5.91 Å². The van der Waals surface area contributed by atoms with E-state index in [9.17, 15) is 9.90 Å². The Morgan fingerprint density at radius 2 is 2.12 bits per heavy atom. The van der Waals surface area contributed by atoms with Gasteiger partial charge >= 0.3 is 0 Å². The highest BCUT2D eigenvalue weighted by molar-refractivity contribution is 6.09. The van der Waals surface area contributed by atoms with Crippen LogP contribution in [0.1, 0.15) is 35.3 Å². The van der Waals surface area contributed by atoms with Crippen LogP contribution in [-0.4, -0.2) is 64.9 Å². The summed E-state index contributed by atoms with van der Waals surface area (Å²) in [5.41, 5.74) is 3.78. The molecule has 0 bridgehead atoms. The normalized spacial score (nSPS) is 20.6. The summed E-state index contributed by atoms with van der Waals surface area (Å²) in [6.45, 7) is 3.73.